The third-order valence-electron chi connectivity index (χ3n) is 6.06. The molecule has 10 heteroatoms. The van der Waals surface area contributed by atoms with Crippen molar-refractivity contribution in [2.45, 2.75) is 91.1 Å². The van der Waals surface area contributed by atoms with Crippen LogP contribution in [-0.4, -0.2) is 27.7 Å². The summed E-state index contributed by atoms with van der Waals surface area (Å²) in [5.74, 6) is 0. The van der Waals surface area contributed by atoms with Crippen LogP contribution >= 0.6 is 22.7 Å². The number of nitrogen functional groups attached to an aromatic ring is 2. The first-order valence-electron chi connectivity index (χ1n) is 11.4. The summed E-state index contributed by atoms with van der Waals surface area (Å²) >= 11 is 3.01. The summed E-state index contributed by atoms with van der Waals surface area (Å²) in [6, 6.07) is 4.32. The van der Waals surface area contributed by atoms with Crippen molar-refractivity contribution in [1.82, 2.24) is 10.2 Å². The van der Waals surface area contributed by atoms with Crippen LogP contribution in [0.25, 0.3) is 0 Å². The lowest BCUT2D eigenvalue weighted by Crippen LogP contribution is -2.52. The van der Waals surface area contributed by atoms with Gasteiger partial charge in [-0.1, -0.05) is 0 Å². The number of nitrogens with zero attached hydrogens (tertiary/aromatic N) is 3. The number of ether oxygens (including phenoxy) is 1. The number of nitrogens with two attached hydrogens (primary N) is 2. The Kier molecular flexibility index (Phi) is 7.16. The van der Waals surface area contributed by atoms with Gasteiger partial charge in [-0.2, -0.15) is 10.5 Å². The molecule has 2 aliphatic heterocycles. The molecule has 4 rings (SSSR count). The zero-order valence-corrected chi connectivity index (χ0v) is 23.1. The number of carbonyl (C=O) groups is 1. The Morgan fingerprint density at radius 3 is 2.03 bits per heavy atom. The number of hydrogen-bond donors (Lipinski definition) is 3. The van der Waals surface area contributed by atoms with Crippen molar-refractivity contribution in [3.8, 4) is 12.1 Å². The maximum Gasteiger partial charge on any atom is 0.411 e. The summed E-state index contributed by atoms with van der Waals surface area (Å²) in [7, 11) is 0. The van der Waals surface area contributed by atoms with E-state index in [2.05, 4.69) is 31.3 Å². The molecule has 188 valence electrons. The molecule has 35 heavy (non-hydrogen) atoms. The fraction of sp³-hybridized carbons (Fsp3) is 0.560. The van der Waals surface area contributed by atoms with Gasteiger partial charge in [0.05, 0.1) is 17.7 Å². The maximum atomic E-state index is 12.4. The van der Waals surface area contributed by atoms with Gasteiger partial charge >= 0.3 is 6.09 Å². The predicted molar refractivity (Wildman–Crippen MR) is 141 cm³/mol. The van der Waals surface area contributed by atoms with Crippen molar-refractivity contribution in [2.24, 2.45) is 0 Å². The number of rotatable bonds is 0. The van der Waals surface area contributed by atoms with Crippen LogP contribution in [0.4, 0.5) is 14.8 Å². The molecule has 2 aromatic heterocycles. The molecule has 0 saturated carbocycles. The first-order valence-corrected chi connectivity index (χ1v) is 13.1. The number of anilines is 2. The van der Waals surface area contributed by atoms with E-state index in [1.165, 1.54) is 16.2 Å². The number of fused-ring (bicyclic) bond motifs is 2. The van der Waals surface area contributed by atoms with Crippen LogP contribution in [0.1, 0.15) is 80.5 Å². The molecule has 0 aromatic carbocycles. The molecule has 1 amide bonds. The Labute approximate surface area is 215 Å². The van der Waals surface area contributed by atoms with Crippen LogP contribution in [0.15, 0.2) is 0 Å². The van der Waals surface area contributed by atoms with E-state index in [0.717, 1.165) is 29.0 Å². The maximum absolute atomic E-state index is 12.4. The van der Waals surface area contributed by atoms with Gasteiger partial charge in [-0.15, -0.1) is 22.7 Å². The number of amides is 1. The van der Waals surface area contributed by atoms with E-state index in [0.29, 0.717) is 34.1 Å². The summed E-state index contributed by atoms with van der Waals surface area (Å²) in [5, 5.41) is 22.8. The van der Waals surface area contributed by atoms with Crippen molar-refractivity contribution < 1.29 is 9.53 Å². The first kappa shape index (κ1) is 26.8. The fourth-order valence-corrected chi connectivity index (χ4v) is 6.75. The van der Waals surface area contributed by atoms with Gasteiger partial charge in [-0.25, -0.2) is 4.79 Å². The first-order chi connectivity index (χ1) is 16.1. The molecular formula is C25H34N6O2S2. The number of nitriles is 2. The minimum Gasteiger partial charge on any atom is -0.444 e. The minimum absolute atomic E-state index is 0.122. The lowest BCUT2D eigenvalue weighted by Gasteiger charge is -2.42. The average Bonchev–Trinajstić information content (AvgIpc) is 3.17. The lowest BCUT2D eigenvalue weighted by atomic mass is 9.90. The Morgan fingerprint density at radius 2 is 1.51 bits per heavy atom. The number of nitrogens with one attached hydrogen (secondary N) is 1. The van der Waals surface area contributed by atoms with Gasteiger partial charge in [-0.05, 0) is 60.5 Å². The standard InChI is InChI=1S/C15H21N3O2S.C10H13N3S/c1-14(2,3)20-13(19)18-8-10-9(7-16)12(17)21-11(10)6-15(18,4)5;1-10(2)3-8-7(5-13-10)6(4-11)9(12)14-8/h6,8,17H2,1-5H3;13H,3,5,12H2,1-2H3. The third-order valence-corrected chi connectivity index (χ3v) is 8.18. The van der Waals surface area contributed by atoms with E-state index in [-0.39, 0.29) is 17.2 Å². The van der Waals surface area contributed by atoms with Crippen molar-refractivity contribution in [1.29, 1.82) is 10.5 Å². The Morgan fingerprint density at radius 1 is 1.00 bits per heavy atom. The Bertz CT molecular complexity index is 1220. The number of thiophene rings is 2. The molecule has 0 saturated heterocycles. The van der Waals surface area contributed by atoms with Crippen molar-refractivity contribution >= 4 is 38.8 Å². The van der Waals surface area contributed by atoms with Crippen LogP contribution in [0, 0.1) is 22.7 Å². The van der Waals surface area contributed by atoms with Crippen LogP contribution in [0.5, 0.6) is 0 Å². The normalized spacial score (nSPS) is 17.7. The van der Waals surface area contributed by atoms with Crippen molar-refractivity contribution in [3.63, 3.8) is 0 Å². The van der Waals surface area contributed by atoms with E-state index >= 15 is 0 Å². The van der Waals surface area contributed by atoms with Crippen LogP contribution in [-0.2, 0) is 30.7 Å². The SMILES string of the molecule is CC(C)(C)OC(=O)N1Cc2c(sc(N)c2C#N)CC1(C)C.CC1(C)Cc2sc(N)c(C#N)c2CN1. The summed E-state index contributed by atoms with van der Waals surface area (Å²) in [4.78, 5) is 16.5. The monoisotopic (exact) mass is 514 g/mol. The van der Waals surface area contributed by atoms with Gasteiger partial charge in [0.15, 0.2) is 0 Å². The topological polar surface area (TPSA) is 141 Å². The fourth-order valence-electron chi connectivity index (χ4n) is 4.23. The molecule has 0 atom stereocenters. The molecule has 0 unspecified atom stereocenters. The van der Waals surface area contributed by atoms with Crippen LogP contribution in [0.2, 0.25) is 0 Å². The molecule has 2 aliphatic rings. The van der Waals surface area contributed by atoms with Crippen molar-refractivity contribution in [3.05, 3.63) is 32.0 Å². The summed E-state index contributed by atoms with van der Waals surface area (Å²) < 4.78 is 5.48. The van der Waals surface area contributed by atoms with Gasteiger partial charge < -0.3 is 21.5 Å². The highest BCUT2D eigenvalue weighted by Gasteiger charge is 2.40. The zero-order chi connectivity index (χ0) is 26.3. The molecule has 0 aliphatic carbocycles. The van der Waals surface area contributed by atoms with Crippen LogP contribution < -0.4 is 16.8 Å². The molecule has 8 nitrogen and oxygen atoms in total. The second-order valence-corrected chi connectivity index (χ2v) is 13.5. The summed E-state index contributed by atoms with van der Waals surface area (Å²) in [5.41, 5.74) is 14.1. The second-order valence-electron chi connectivity index (χ2n) is 11.2. The van der Waals surface area contributed by atoms with Gasteiger partial charge in [0.1, 0.15) is 27.7 Å². The van der Waals surface area contributed by atoms with E-state index in [9.17, 15) is 10.1 Å². The summed E-state index contributed by atoms with van der Waals surface area (Å²) in [6.07, 6.45) is 1.28. The Hall–Kier alpha value is -2.79. The van der Waals surface area contributed by atoms with Gasteiger partial charge in [-0.3, -0.25) is 4.90 Å². The highest BCUT2D eigenvalue weighted by molar-refractivity contribution is 7.16. The quantitative estimate of drug-likeness (QED) is 0.454. The largest absolute Gasteiger partial charge is 0.444 e. The number of hydrogen-bond acceptors (Lipinski definition) is 9. The second kappa shape index (κ2) is 9.34. The molecule has 5 N–H and O–H groups in total. The van der Waals surface area contributed by atoms with Crippen LogP contribution in [0.3, 0.4) is 0 Å². The molecular weight excluding hydrogens is 480 g/mol. The molecule has 0 radical (unpaired) electrons. The predicted octanol–water partition coefficient (Wildman–Crippen LogP) is 4.90. The molecule has 0 bridgehead atoms. The van der Waals surface area contributed by atoms with E-state index < -0.39 is 5.60 Å². The van der Waals surface area contributed by atoms with E-state index in [1.807, 2.05) is 34.6 Å². The molecule has 0 fully saturated rings. The Balaban J connectivity index is 0.000000211. The molecule has 2 aromatic rings. The van der Waals surface area contributed by atoms with Gasteiger partial charge in [0, 0.05) is 39.4 Å². The third kappa shape index (κ3) is 5.72. The lowest BCUT2D eigenvalue weighted by molar-refractivity contribution is -0.00222. The number of carbonyl (C=O) groups excluding carboxylic acids is 1. The molecule has 0 spiro atoms. The summed E-state index contributed by atoms with van der Waals surface area (Å²) in [6.45, 7) is 15.0. The van der Waals surface area contributed by atoms with Gasteiger partial charge in [0.25, 0.3) is 0 Å². The van der Waals surface area contributed by atoms with Crippen molar-refractivity contribution in [2.75, 3.05) is 11.5 Å². The van der Waals surface area contributed by atoms with E-state index in [1.54, 1.807) is 16.2 Å². The smallest absolute Gasteiger partial charge is 0.411 e. The molecule has 4 heterocycles. The van der Waals surface area contributed by atoms with E-state index in [4.69, 9.17) is 21.5 Å². The van der Waals surface area contributed by atoms with Gasteiger partial charge in [0.2, 0.25) is 0 Å². The minimum atomic E-state index is -0.542. The highest BCUT2D eigenvalue weighted by Crippen LogP contribution is 2.40. The zero-order valence-electron chi connectivity index (χ0n) is 21.5. The average molecular weight is 515 g/mol. The highest BCUT2D eigenvalue weighted by atomic mass is 32.1.